The lowest BCUT2D eigenvalue weighted by atomic mass is 10.0. The Balaban J connectivity index is 1.46. The number of piperazine rings is 1. The van der Waals surface area contributed by atoms with Crippen LogP contribution < -0.4 is 14.8 Å². The lowest BCUT2D eigenvalue weighted by Gasteiger charge is -2.35. The molecule has 2 fully saturated rings. The molecule has 1 N–H and O–H groups in total. The zero-order valence-electron chi connectivity index (χ0n) is 17.3. The smallest absolute Gasteiger partial charge is 0.124 e. The molecule has 1 atom stereocenters. The second-order valence-corrected chi connectivity index (χ2v) is 8.30. The van der Waals surface area contributed by atoms with Crippen molar-refractivity contribution in [3.63, 3.8) is 0 Å². The standard InChI is InChI=1S/C24H32N2O2/c1-17(2)28-23-7-5-4-6-21(23)22-16-26(13-12-25-22)15-18-8-11-20(19-9-10-19)24(14-18)27-3/h4-8,11,14,17,19,22,25H,9-10,12-13,15-16H2,1-3H3. The van der Waals surface area contributed by atoms with Crippen molar-refractivity contribution >= 4 is 0 Å². The Bertz CT molecular complexity index is 801. The van der Waals surface area contributed by atoms with Crippen LogP contribution in [0.5, 0.6) is 11.5 Å². The van der Waals surface area contributed by atoms with E-state index in [-0.39, 0.29) is 12.1 Å². The highest BCUT2D eigenvalue weighted by Gasteiger charge is 2.27. The molecular weight excluding hydrogens is 348 g/mol. The van der Waals surface area contributed by atoms with Crippen LogP contribution >= 0.6 is 0 Å². The number of ether oxygens (including phenoxy) is 2. The summed E-state index contributed by atoms with van der Waals surface area (Å²) in [5.74, 6) is 2.76. The first-order chi connectivity index (χ1) is 13.6. The minimum absolute atomic E-state index is 0.179. The van der Waals surface area contributed by atoms with E-state index in [4.69, 9.17) is 9.47 Å². The summed E-state index contributed by atoms with van der Waals surface area (Å²) in [6, 6.07) is 15.5. The first-order valence-corrected chi connectivity index (χ1v) is 10.5. The lowest BCUT2D eigenvalue weighted by molar-refractivity contribution is 0.186. The molecule has 150 valence electrons. The van der Waals surface area contributed by atoms with Crippen molar-refractivity contribution in [1.82, 2.24) is 10.2 Å². The van der Waals surface area contributed by atoms with Gasteiger partial charge in [-0.2, -0.15) is 0 Å². The highest BCUT2D eigenvalue weighted by atomic mass is 16.5. The zero-order chi connectivity index (χ0) is 19.5. The molecule has 1 aliphatic heterocycles. The Morgan fingerprint density at radius 1 is 1.07 bits per heavy atom. The number of rotatable bonds is 7. The molecule has 0 amide bonds. The summed E-state index contributed by atoms with van der Waals surface area (Å²) in [7, 11) is 1.79. The fraction of sp³-hybridized carbons (Fsp3) is 0.500. The van der Waals surface area contributed by atoms with Crippen molar-refractivity contribution < 1.29 is 9.47 Å². The molecule has 4 heteroatoms. The Hall–Kier alpha value is -2.04. The average Bonchev–Trinajstić information content (AvgIpc) is 3.53. The molecule has 4 nitrogen and oxygen atoms in total. The molecular formula is C24H32N2O2. The molecule has 0 aromatic heterocycles. The van der Waals surface area contributed by atoms with Crippen LogP contribution in [-0.4, -0.2) is 37.7 Å². The molecule has 2 aliphatic rings. The van der Waals surface area contributed by atoms with Crippen molar-refractivity contribution in [3.05, 3.63) is 59.2 Å². The second kappa shape index (κ2) is 8.54. The van der Waals surface area contributed by atoms with E-state index >= 15 is 0 Å². The zero-order valence-corrected chi connectivity index (χ0v) is 17.3. The molecule has 0 radical (unpaired) electrons. The molecule has 2 aromatic rings. The van der Waals surface area contributed by atoms with Gasteiger partial charge >= 0.3 is 0 Å². The number of nitrogens with one attached hydrogen (secondary N) is 1. The molecule has 0 bridgehead atoms. The van der Waals surface area contributed by atoms with Crippen LogP contribution in [0.3, 0.4) is 0 Å². The molecule has 1 unspecified atom stereocenters. The highest BCUT2D eigenvalue weighted by Crippen LogP contribution is 2.44. The van der Waals surface area contributed by atoms with Gasteiger partial charge in [0, 0.05) is 37.8 Å². The van der Waals surface area contributed by atoms with E-state index in [0.717, 1.165) is 37.7 Å². The maximum absolute atomic E-state index is 6.05. The van der Waals surface area contributed by atoms with Crippen molar-refractivity contribution in [2.24, 2.45) is 0 Å². The third-order valence-corrected chi connectivity index (χ3v) is 5.64. The monoisotopic (exact) mass is 380 g/mol. The Morgan fingerprint density at radius 3 is 2.64 bits per heavy atom. The number of methoxy groups -OCH3 is 1. The summed E-state index contributed by atoms with van der Waals surface area (Å²) in [6.45, 7) is 8.12. The van der Waals surface area contributed by atoms with Gasteiger partial charge < -0.3 is 14.8 Å². The predicted molar refractivity (Wildman–Crippen MR) is 113 cm³/mol. The topological polar surface area (TPSA) is 33.7 Å². The van der Waals surface area contributed by atoms with Crippen LogP contribution in [0.1, 0.15) is 55.3 Å². The molecule has 1 heterocycles. The second-order valence-electron chi connectivity index (χ2n) is 8.30. The molecule has 1 aliphatic carbocycles. The largest absolute Gasteiger partial charge is 0.496 e. The summed E-state index contributed by atoms with van der Waals surface area (Å²) in [4.78, 5) is 2.53. The molecule has 1 saturated heterocycles. The van der Waals surface area contributed by atoms with Gasteiger partial charge in [0.1, 0.15) is 11.5 Å². The van der Waals surface area contributed by atoms with E-state index in [9.17, 15) is 0 Å². The van der Waals surface area contributed by atoms with Crippen LogP contribution in [0.4, 0.5) is 0 Å². The normalized spacial score (nSPS) is 20.4. The van der Waals surface area contributed by atoms with Crippen molar-refractivity contribution in [2.45, 2.75) is 51.3 Å². The van der Waals surface area contributed by atoms with Gasteiger partial charge in [-0.3, -0.25) is 4.90 Å². The molecule has 28 heavy (non-hydrogen) atoms. The van der Waals surface area contributed by atoms with Crippen LogP contribution in [0.15, 0.2) is 42.5 Å². The van der Waals surface area contributed by atoms with E-state index in [1.54, 1.807) is 7.11 Å². The SMILES string of the molecule is COc1cc(CN2CCNC(c3ccccc3OC(C)C)C2)ccc1C1CC1. The maximum atomic E-state index is 6.05. The van der Waals surface area contributed by atoms with E-state index < -0.39 is 0 Å². The van der Waals surface area contributed by atoms with Crippen LogP contribution in [0, 0.1) is 0 Å². The fourth-order valence-corrected chi connectivity index (χ4v) is 4.14. The summed E-state index contributed by atoms with van der Waals surface area (Å²) >= 11 is 0. The number of para-hydroxylation sites is 1. The quantitative estimate of drug-likeness (QED) is 0.766. The van der Waals surface area contributed by atoms with Crippen LogP contribution in [0.25, 0.3) is 0 Å². The minimum atomic E-state index is 0.179. The van der Waals surface area contributed by atoms with Gasteiger partial charge in [-0.1, -0.05) is 30.3 Å². The number of hydrogen-bond acceptors (Lipinski definition) is 4. The van der Waals surface area contributed by atoms with Gasteiger partial charge in [0.2, 0.25) is 0 Å². The summed E-state index contributed by atoms with van der Waals surface area (Å²) < 4.78 is 11.7. The summed E-state index contributed by atoms with van der Waals surface area (Å²) in [6.07, 6.45) is 2.78. The lowest BCUT2D eigenvalue weighted by Crippen LogP contribution is -2.45. The molecule has 1 saturated carbocycles. The van der Waals surface area contributed by atoms with Gasteiger partial charge in [0.15, 0.2) is 0 Å². The van der Waals surface area contributed by atoms with Gasteiger partial charge in [0.05, 0.1) is 13.2 Å². The van der Waals surface area contributed by atoms with Gasteiger partial charge in [-0.25, -0.2) is 0 Å². The van der Waals surface area contributed by atoms with Crippen molar-refractivity contribution in [2.75, 3.05) is 26.7 Å². The van der Waals surface area contributed by atoms with E-state index in [1.807, 2.05) is 0 Å². The number of benzene rings is 2. The van der Waals surface area contributed by atoms with Crippen molar-refractivity contribution in [3.8, 4) is 11.5 Å². The van der Waals surface area contributed by atoms with E-state index in [0.29, 0.717) is 5.92 Å². The summed E-state index contributed by atoms with van der Waals surface area (Å²) in [5.41, 5.74) is 3.96. The van der Waals surface area contributed by atoms with Crippen LogP contribution in [-0.2, 0) is 6.54 Å². The van der Waals surface area contributed by atoms with Gasteiger partial charge in [0.25, 0.3) is 0 Å². The third-order valence-electron chi connectivity index (χ3n) is 5.64. The average molecular weight is 381 g/mol. The molecule has 4 rings (SSSR count). The fourth-order valence-electron chi connectivity index (χ4n) is 4.14. The van der Waals surface area contributed by atoms with Crippen LogP contribution in [0.2, 0.25) is 0 Å². The molecule has 2 aromatic carbocycles. The Kier molecular flexibility index (Phi) is 5.88. The van der Waals surface area contributed by atoms with E-state index in [2.05, 4.69) is 66.5 Å². The molecule has 0 spiro atoms. The Labute approximate surface area is 168 Å². The highest BCUT2D eigenvalue weighted by molar-refractivity contribution is 5.42. The number of hydrogen-bond donors (Lipinski definition) is 1. The minimum Gasteiger partial charge on any atom is -0.496 e. The third kappa shape index (κ3) is 4.50. The van der Waals surface area contributed by atoms with Crippen molar-refractivity contribution in [1.29, 1.82) is 0 Å². The first kappa shape index (κ1) is 19.3. The van der Waals surface area contributed by atoms with E-state index in [1.165, 1.54) is 29.5 Å². The number of nitrogens with zero attached hydrogens (tertiary/aromatic N) is 1. The first-order valence-electron chi connectivity index (χ1n) is 10.5. The van der Waals surface area contributed by atoms with Gasteiger partial charge in [-0.05, 0) is 55.9 Å². The Morgan fingerprint density at radius 2 is 1.89 bits per heavy atom. The summed E-state index contributed by atoms with van der Waals surface area (Å²) in [5, 5.41) is 3.67. The predicted octanol–water partition coefficient (Wildman–Crippen LogP) is 4.51. The van der Waals surface area contributed by atoms with Gasteiger partial charge in [-0.15, -0.1) is 0 Å². The maximum Gasteiger partial charge on any atom is 0.124 e.